The summed E-state index contributed by atoms with van der Waals surface area (Å²) < 4.78 is 7.56. The van der Waals surface area contributed by atoms with Crippen LogP contribution in [0.1, 0.15) is 5.69 Å². The van der Waals surface area contributed by atoms with E-state index in [0.717, 1.165) is 22.3 Å². The van der Waals surface area contributed by atoms with E-state index < -0.39 is 0 Å². The number of benzene rings is 1. The number of aromatic nitrogens is 3. The molecule has 0 bridgehead atoms. The first-order chi connectivity index (χ1) is 9.15. The molecular formula is C14H14N4O. The normalized spacial score (nSPS) is 10.8. The topological polar surface area (TPSA) is 66.0 Å². The largest absolute Gasteiger partial charge is 0.438 e. The number of ether oxygens (including phenoxy) is 1. The van der Waals surface area contributed by atoms with Gasteiger partial charge in [-0.25, -0.2) is 4.98 Å². The fourth-order valence-electron chi connectivity index (χ4n) is 2.06. The van der Waals surface area contributed by atoms with Gasteiger partial charge in [0.2, 0.25) is 5.88 Å². The first kappa shape index (κ1) is 11.5. The van der Waals surface area contributed by atoms with E-state index in [-0.39, 0.29) is 0 Å². The second-order valence-electron chi connectivity index (χ2n) is 4.39. The number of nitrogens with two attached hydrogens (primary N) is 1. The van der Waals surface area contributed by atoms with E-state index in [1.165, 1.54) is 0 Å². The fourth-order valence-corrected chi connectivity index (χ4v) is 2.06. The Balaban J connectivity index is 2.17. The zero-order chi connectivity index (χ0) is 13.4. The van der Waals surface area contributed by atoms with Gasteiger partial charge in [-0.1, -0.05) is 18.2 Å². The SMILES string of the molecule is Cc1cc2c(c(N)nn2C)c(Oc2ccccc2)n1. The maximum Gasteiger partial charge on any atom is 0.232 e. The maximum atomic E-state index is 5.93. The van der Waals surface area contributed by atoms with E-state index in [9.17, 15) is 0 Å². The van der Waals surface area contributed by atoms with Crippen molar-refractivity contribution in [1.82, 2.24) is 14.8 Å². The maximum absolute atomic E-state index is 5.93. The van der Waals surface area contributed by atoms with Crippen LogP contribution >= 0.6 is 0 Å². The molecule has 5 heteroatoms. The van der Waals surface area contributed by atoms with E-state index >= 15 is 0 Å². The van der Waals surface area contributed by atoms with Crippen LogP contribution in [0.3, 0.4) is 0 Å². The molecule has 0 fully saturated rings. The summed E-state index contributed by atoms with van der Waals surface area (Å²) in [6.07, 6.45) is 0. The van der Waals surface area contributed by atoms with Crippen LogP contribution in [0.15, 0.2) is 36.4 Å². The van der Waals surface area contributed by atoms with Gasteiger partial charge in [-0.05, 0) is 25.1 Å². The highest BCUT2D eigenvalue weighted by Gasteiger charge is 2.14. The number of para-hydroxylation sites is 1. The monoisotopic (exact) mass is 254 g/mol. The Labute approximate surface area is 110 Å². The third-order valence-electron chi connectivity index (χ3n) is 2.91. The lowest BCUT2D eigenvalue weighted by Gasteiger charge is -2.07. The van der Waals surface area contributed by atoms with E-state index in [1.54, 1.807) is 4.68 Å². The molecule has 0 saturated heterocycles. The first-order valence-corrected chi connectivity index (χ1v) is 5.98. The molecule has 0 atom stereocenters. The Hall–Kier alpha value is -2.56. The van der Waals surface area contributed by atoms with E-state index in [1.807, 2.05) is 50.4 Å². The van der Waals surface area contributed by atoms with Gasteiger partial charge in [0, 0.05) is 12.7 Å². The summed E-state index contributed by atoms with van der Waals surface area (Å²) in [4.78, 5) is 4.42. The number of nitrogen functional groups attached to an aromatic ring is 1. The Morgan fingerprint density at radius 2 is 1.95 bits per heavy atom. The molecule has 0 aliphatic carbocycles. The average Bonchev–Trinajstić information content (AvgIpc) is 2.66. The highest BCUT2D eigenvalue weighted by atomic mass is 16.5. The van der Waals surface area contributed by atoms with Crippen molar-refractivity contribution in [2.75, 3.05) is 5.73 Å². The molecule has 3 aromatic rings. The minimum atomic E-state index is 0.427. The number of pyridine rings is 1. The molecule has 2 N–H and O–H groups in total. The van der Waals surface area contributed by atoms with Gasteiger partial charge in [0.25, 0.3) is 0 Å². The zero-order valence-corrected chi connectivity index (χ0v) is 10.8. The highest BCUT2D eigenvalue weighted by Crippen LogP contribution is 2.32. The molecule has 1 aromatic carbocycles. The summed E-state index contributed by atoms with van der Waals surface area (Å²) in [6, 6.07) is 11.5. The number of hydrogen-bond acceptors (Lipinski definition) is 4. The summed E-state index contributed by atoms with van der Waals surface area (Å²) in [5.74, 6) is 1.65. The minimum Gasteiger partial charge on any atom is -0.438 e. The first-order valence-electron chi connectivity index (χ1n) is 5.98. The van der Waals surface area contributed by atoms with Gasteiger partial charge in [-0.3, -0.25) is 4.68 Å². The van der Waals surface area contributed by atoms with Gasteiger partial charge in [0.1, 0.15) is 11.1 Å². The Morgan fingerprint density at radius 1 is 1.21 bits per heavy atom. The minimum absolute atomic E-state index is 0.427. The van der Waals surface area contributed by atoms with Gasteiger partial charge in [-0.2, -0.15) is 5.10 Å². The lowest BCUT2D eigenvalue weighted by atomic mass is 10.2. The molecule has 0 spiro atoms. The number of rotatable bonds is 2. The summed E-state index contributed by atoms with van der Waals surface area (Å²) in [7, 11) is 1.85. The fraction of sp³-hybridized carbons (Fsp3) is 0.143. The number of anilines is 1. The van der Waals surface area contributed by atoms with Crippen molar-refractivity contribution in [2.24, 2.45) is 7.05 Å². The lowest BCUT2D eigenvalue weighted by molar-refractivity contribution is 0.468. The molecule has 3 rings (SSSR count). The lowest BCUT2D eigenvalue weighted by Crippen LogP contribution is -1.94. The molecule has 96 valence electrons. The Kier molecular flexibility index (Phi) is 2.59. The smallest absolute Gasteiger partial charge is 0.232 e. The van der Waals surface area contributed by atoms with Crippen molar-refractivity contribution >= 4 is 16.7 Å². The molecule has 19 heavy (non-hydrogen) atoms. The molecule has 0 radical (unpaired) electrons. The van der Waals surface area contributed by atoms with Crippen LogP contribution in [0.5, 0.6) is 11.6 Å². The van der Waals surface area contributed by atoms with Crippen molar-refractivity contribution in [3.05, 3.63) is 42.1 Å². The van der Waals surface area contributed by atoms with Crippen molar-refractivity contribution in [1.29, 1.82) is 0 Å². The van der Waals surface area contributed by atoms with Crippen molar-refractivity contribution < 1.29 is 4.74 Å². The van der Waals surface area contributed by atoms with Gasteiger partial charge < -0.3 is 10.5 Å². The van der Waals surface area contributed by atoms with Crippen LogP contribution in [0, 0.1) is 6.92 Å². The molecule has 0 unspecified atom stereocenters. The van der Waals surface area contributed by atoms with Crippen LogP contribution in [0.4, 0.5) is 5.82 Å². The summed E-state index contributed by atoms with van der Waals surface area (Å²) in [6.45, 7) is 1.92. The quantitative estimate of drug-likeness (QED) is 0.763. The summed E-state index contributed by atoms with van der Waals surface area (Å²) in [5, 5.41) is 4.96. The van der Waals surface area contributed by atoms with Crippen LogP contribution in [-0.2, 0) is 7.05 Å². The molecule has 2 heterocycles. The third-order valence-corrected chi connectivity index (χ3v) is 2.91. The Morgan fingerprint density at radius 3 is 2.68 bits per heavy atom. The number of nitrogens with zero attached hydrogens (tertiary/aromatic N) is 3. The number of hydrogen-bond donors (Lipinski definition) is 1. The van der Waals surface area contributed by atoms with Gasteiger partial charge in [-0.15, -0.1) is 0 Å². The van der Waals surface area contributed by atoms with Gasteiger partial charge in [0.05, 0.1) is 5.52 Å². The van der Waals surface area contributed by atoms with Crippen LogP contribution in [0.25, 0.3) is 10.9 Å². The van der Waals surface area contributed by atoms with Crippen molar-refractivity contribution in [2.45, 2.75) is 6.92 Å². The van der Waals surface area contributed by atoms with E-state index in [4.69, 9.17) is 10.5 Å². The van der Waals surface area contributed by atoms with Gasteiger partial charge in [0.15, 0.2) is 5.82 Å². The average molecular weight is 254 g/mol. The van der Waals surface area contributed by atoms with Crippen LogP contribution in [-0.4, -0.2) is 14.8 Å². The molecule has 2 aromatic heterocycles. The predicted molar refractivity (Wildman–Crippen MR) is 74.2 cm³/mol. The Bertz CT molecular complexity index is 734. The molecule has 0 aliphatic heterocycles. The second-order valence-corrected chi connectivity index (χ2v) is 4.39. The molecule has 0 amide bonds. The highest BCUT2D eigenvalue weighted by molar-refractivity contribution is 5.93. The van der Waals surface area contributed by atoms with Crippen molar-refractivity contribution in [3.63, 3.8) is 0 Å². The molecule has 0 saturated carbocycles. The molecular weight excluding hydrogens is 240 g/mol. The van der Waals surface area contributed by atoms with E-state index in [0.29, 0.717) is 11.7 Å². The van der Waals surface area contributed by atoms with E-state index in [2.05, 4.69) is 10.1 Å². The third kappa shape index (κ3) is 1.99. The molecule has 5 nitrogen and oxygen atoms in total. The summed E-state index contributed by atoms with van der Waals surface area (Å²) in [5.41, 5.74) is 7.70. The van der Waals surface area contributed by atoms with Crippen LogP contribution in [0.2, 0.25) is 0 Å². The standard InChI is InChI=1S/C14H14N4O/c1-9-8-11-12(13(15)17-18(11)2)14(16-9)19-10-6-4-3-5-7-10/h3-8H,1-2H3,(H2,15,17). The van der Waals surface area contributed by atoms with Crippen LogP contribution < -0.4 is 10.5 Å². The van der Waals surface area contributed by atoms with Crippen molar-refractivity contribution in [3.8, 4) is 11.6 Å². The number of fused-ring (bicyclic) bond motifs is 1. The zero-order valence-electron chi connectivity index (χ0n) is 10.8. The second kappa shape index (κ2) is 4.28. The summed E-state index contributed by atoms with van der Waals surface area (Å²) >= 11 is 0. The van der Waals surface area contributed by atoms with Gasteiger partial charge >= 0.3 is 0 Å². The molecule has 0 aliphatic rings. The predicted octanol–water partition coefficient (Wildman–Crippen LogP) is 2.65. The number of aryl methyl sites for hydroxylation is 2.